The Balaban J connectivity index is 1.26. The molecule has 26 heavy (non-hydrogen) atoms. The molecular weight excluding hydrogens is 328 g/mol. The molecule has 2 amide bonds. The summed E-state index contributed by atoms with van der Waals surface area (Å²) in [4.78, 5) is 26.3. The molecule has 0 radical (unpaired) electrons. The van der Waals surface area contributed by atoms with Crippen molar-refractivity contribution in [3.63, 3.8) is 0 Å². The number of nitrogens with zero attached hydrogens (tertiary/aromatic N) is 3. The number of para-hydroxylation sites is 1. The van der Waals surface area contributed by atoms with Gasteiger partial charge in [-0.25, -0.2) is 4.68 Å². The van der Waals surface area contributed by atoms with Crippen molar-refractivity contribution >= 4 is 11.8 Å². The highest BCUT2D eigenvalue weighted by molar-refractivity contribution is 5.84. The first-order valence-electron chi connectivity index (χ1n) is 9.37. The van der Waals surface area contributed by atoms with E-state index in [1.54, 1.807) is 0 Å². The lowest BCUT2D eigenvalue weighted by Gasteiger charge is -2.32. The third-order valence-corrected chi connectivity index (χ3v) is 5.17. The zero-order valence-electron chi connectivity index (χ0n) is 14.8. The summed E-state index contributed by atoms with van der Waals surface area (Å²) in [5.41, 5.74) is 2.11. The summed E-state index contributed by atoms with van der Waals surface area (Å²) in [5, 5.41) is 7.41. The molecule has 2 aromatic rings. The van der Waals surface area contributed by atoms with Crippen molar-refractivity contribution in [2.24, 2.45) is 5.92 Å². The third-order valence-electron chi connectivity index (χ3n) is 5.17. The highest BCUT2D eigenvalue weighted by atomic mass is 16.2. The standard InChI is InChI=1S/C20H24N4O2/c25-19-9-6-16(14-23(19)17-7-8-17)20(26)21-11-10-15-12-22-24(13-15)18-4-2-1-3-5-18/h1-5,12-13,16-17H,6-11,14H2,(H,21,26). The molecule has 1 N–H and O–H groups in total. The highest BCUT2D eigenvalue weighted by Crippen LogP contribution is 2.31. The van der Waals surface area contributed by atoms with Crippen LogP contribution < -0.4 is 5.32 Å². The number of amides is 2. The van der Waals surface area contributed by atoms with Gasteiger partial charge >= 0.3 is 0 Å². The molecule has 0 bridgehead atoms. The monoisotopic (exact) mass is 352 g/mol. The van der Waals surface area contributed by atoms with Crippen LogP contribution in [0.5, 0.6) is 0 Å². The van der Waals surface area contributed by atoms with Crippen molar-refractivity contribution in [1.82, 2.24) is 20.0 Å². The van der Waals surface area contributed by atoms with Gasteiger partial charge in [0.05, 0.1) is 17.8 Å². The summed E-state index contributed by atoms with van der Waals surface area (Å²) < 4.78 is 1.84. The lowest BCUT2D eigenvalue weighted by Crippen LogP contribution is -2.46. The molecule has 1 aromatic carbocycles. The maximum absolute atomic E-state index is 12.4. The summed E-state index contributed by atoms with van der Waals surface area (Å²) >= 11 is 0. The van der Waals surface area contributed by atoms with Crippen LogP contribution >= 0.6 is 0 Å². The number of likely N-dealkylation sites (tertiary alicyclic amines) is 1. The average molecular weight is 352 g/mol. The minimum atomic E-state index is -0.0691. The number of carbonyl (C=O) groups excluding carboxylic acids is 2. The Hall–Kier alpha value is -2.63. The number of hydrogen-bond acceptors (Lipinski definition) is 3. The van der Waals surface area contributed by atoms with E-state index in [9.17, 15) is 9.59 Å². The van der Waals surface area contributed by atoms with Crippen molar-refractivity contribution in [3.05, 3.63) is 48.3 Å². The van der Waals surface area contributed by atoms with E-state index in [-0.39, 0.29) is 17.7 Å². The van der Waals surface area contributed by atoms with Crippen LogP contribution in [0, 0.1) is 5.92 Å². The lowest BCUT2D eigenvalue weighted by atomic mass is 9.96. The van der Waals surface area contributed by atoms with Gasteiger partial charge in [-0.1, -0.05) is 18.2 Å². The van der Waals surface area contributed by atoms with E-state index in [0.29, 0.717) is 32.0 Å². The van der Waals surface area contributed by atoms with Gasteiger partial charge in [-0.3, -0.25) is 9.59 Å². The van der Waals surface area contributed by atoms with Crippen molar-refractivity contribution in [2.45, 2.75) is 38.1 Å². The van der Waals surface area contributed by atoms with Crippen molar-refractivity contribution < 1.29 is 9.59 Å². The molecule has 2 aliphatic rings. The minimum absolute atomic E-state index is 0.0681. The fraction of sp³-hybridized carbons (Fsp3) is 0.450. The largest absolute Gasteiger partial charge is 0.355 e. The molecule has 1 aromatic heterocycles. The Bertz CT molecular complexity index is 782. The van der Waals surface area contributed by atoms with Crippen LogP contribution in [0.4, 0.5) is 0 Å². The molecule has 0 spiro atoms. The van der Waals surface area contributed by atoms with Crippen LogP contribution in [-0.2, 0) is 16.0 Å². The van der Waals surface area contributed by atoms with E-state index >= 15 is 0 Å². The van der Waals surface area contributed by atoms with E-state index in [4.69, 9.17) is 0 Å². The second kappa shape index (κ2) is 7.32. The molecular formula is C20H24N4O2. The fourth-order valence-corrected chi connectivity index (χ4v) is 3.51. The first-order chi connectivity index (χ1) is 12.7. The molecule has 2 fully saturated rings. The number of carbonyl (C=O) groups is 2. The van der Waals surface area contributed by atoms with Crippen molar-refractivity contribution in [2.75, 3.05) is 13.1 Å². The van der Waals surface area contributed by atoms with Crippen LogP contribution in [0.3, 0.4) is 0 Å². The number of hydrogen-bond donors (Lipinski definition) is 1. The molecule has 1 unspecified atom stereocenters. The molecule has 136 valence electrons. The Kier molecular flexibility index (Phi) is 4.73. The summed E-state index contributed by atoms with van der Waals surface area (Å²) in [5.74, 6) is 0.212. The van der Waals surface area contributed by atoms with Crippen LogP contribution in [-0.4, -0.2) is 45.6 Å². The van der Waals surface area contributed by atoms with E-state index in [1.807, 2.05) is 52.3 Å². The quantitative estimate of drug-likeness (QED) is 0.864. The predicted octanol–water partition coefficient (Wildman–Crippen LogP) is 1.93. The van der Waals surface area contributed by atoms with E-state index in [1.165, 1.54) is 0 Å². The maximum atomic E-state index is 12.4. The molecule has 1 aliphatic carbocycles. The Labute approximate surface area is 153 Å². The first-order valence-corrected chi connectivity index (χ1v) is 9.37. The Morgan fingerprint density at radius 3 is 2.77 bits per heavy atom. The van der Waals surface area contributed by atoms with Gasteiger partial charge in [-0.05, 0) is 43.4 Å². The topological polar surface area (TPSA) is 67.2 Å². The number of aromatic nitrogens is 2. The zero-order chi connectivity index (χ0) is 17.9. The second-order valence-corrected chi connectivity index (χ2v) is 7.18. The van der Waals surface area contributed by atoms with Crippen molar-refractivity contribution in [1.29, 1.82) is 0 Å². The average Bonchev–Trinajstić information content (AvgIpc) is 3.40. The zero-order valence-corrected chi connectivity index (χ0v) is 14.8. The lowest BCUT2D eigenvalue weighted by molar-refractivity contribution is -0.138. The second-order valence-electron chi connectivity index (χ2n) is 7.18. The fourth-order valence-electron chi connectivity index (χ4n) is 3.51. The SMILES string of the molecule is O=C(NCCc1cnn(-c2ccccc2)c1)C1CCC(=O)N(C2CC2)C1. The number of benzene rings is 1. The summed E-state index contributed by atoms with van der Waals surface area (Å²) in [6, 6.07) is 10.4. The van der Waals surface area contributed by atoms with Crippen molar-refractivity contribution in [3.8, 4) is 5.69 Å². The van der Waals surface area contributed by atoms with Crippen LogP contribution in [0.25, 0.3) is 5.69 Å². The van der Waals surface area contributed by atoms with Gasteiger partial charge in [0.1, 0.15) is 0 Å². The Morgan fingerprint density at radius 2 is 2.00 bits per heavy atom. The van der Waals surface area contributed by atoms with Gasteiger partial charge in [0, 0.05) is 31.7 Å². The molecule has 1 atom stereocenters. The van der Waals surface area contributed by atoms with Gasteiger partial charge < -0.3 is 10.2 Å². The van der Waals surface area contributed by atoms with Gasteiger partial charge in [0.2, 0.25) is 11.8 Å². The maximum Gasteiger partial charge on any atom is 0.224 e. The van der Waals surface area contributed by atoms with Crippen LogP contribution in [0.15, 0.2) is 42.7 Å². The summed E-state index contributed by atoms with van der Waals surface area (Å²) in [6.45, 7) is 1.18. The Morgan fingerprint density at radius 1 is 1.19 bits per heavy atom. The summed E-state index contributed by atoms with van der Waals surface area (Å²) in [7, 11) is 0. The number of nitrogens with one attached hydrogen (secondary N) is 1. The normalized spacial score (nSPS) is 20.2. The van der Waals surface area contributed by atoms with E-state index in [2.05, 4.69) is 10.4 Å². The van der Waals surface area contributed by atoms with Gasteiger partial charge in [0.15, 0.2) is 0 Å². The molecule has 1 aliphatic heterocycles. The predicted molar refractivity (Wildman–Crippen MR) is 97.7 cm³/mol. The van der Waals surface area contributed by atoms with E-state index in [0.717, 1.165) is 30.5 Å². The van der Waals surface area contributed by atoms with Crippen LogP contribution in [0.2, 0.25) is 0 Å². The highest BCUT2D eigenvalue weighted by Gasteiger charge is 2.38. The molecule has 6 nitrogen and oxygen atoms in total. The molecule has 1 saturated carbocycles. The van der Waals surface area contributed by atoms with Gasteiger partial charge in [0.25, 0.3) is 0 Å². The number of rotatable bonds is 6. The molecule has 6 heteroatoms. The molecule has 1 saturated heterocycles. The first kappa shape index (κ1) is 16.8. The van der Waals surface area contributed by atoms with Crippen LogP contribution in [0.1, 0.15) is 31.2 Å². The van der Waals surface area contributed by atoms with E-state index < -0.39 is 0 Å². The minimum Gasteiger partial charge on any atom is -0.355 e. The molecule has 4 rings (SSSR count). The smallest absolute Gasteiger partial charge is 0.224 e. The number of piperidine rings is 1. The summed E-state index contributed by atoms with van der Waals surface area (Å²) in [6.07, 6.45) is 7.93. The molecule has 2 heterocycles. The van der Waals surface area contributed by atoms with Gasteiger partial charge in [-0.2, -0.15) is 5.10 Å². The van der Waals surface area contributed by atoms with Gasteiger partial charge in [-0.15, -0.1) is 0 Å². The third kappa shape index (κ3) is 3.79.